The number of nitrogens with one attached hydrogen (secondary N) is 1. The van der Waals surface area contributed by atoms with Crippen molar-refractivity contribution in [1.82, 2.24) is 5.32 Å². The second-order valence-electron chi connectivity index (χ2n) is 5.62. The van der Waals surface area contributed by atoms with Crippen LogP contribution in [0, 0.1) is 17.8 Å². The molecule has 1 nitrogen and oxygen atoms in total. The summed E-state index contributed by atoms with van der Waals surface area (Å²) < 4.78 is 0. The van der Waals surface area contributed by atoms with E-state index in [2.05, 4.69) is 26.1 Å². The van der Waals surface area contributed by atoms with E-state index in [0.29, 0.717) is 0 Å². The third-order valence-electron chi connectivity index (χ3n) is 3.80. The lowest BCUT2D eigenvalue weighted by Crippen LogP contribution is -2.30. The molecule has 15 heavy (non-hydrogen) atoms. The Morgan fingerprint density at radius 1 is 1.07 bits per heavy atom. The fourth-order valence-corrected chi connectivity index (χ4v) is 2.82. The molecule has 0 radical (unpaired) electrons. The Bertz CT molecular complexity index is 153. The summed E-state index contributed by atoms with van der Waals surface area (Å²) in [5, 5.41) is 3.65. The summed E-state index contributed by atoms with van der Waals surface area (Å²) >= 11 is 0. The second kappa shape index (κ2) is 7.27. The van der Waals surface area contributed by atoms with Gasteiger partial charge in [0.2, 0.25) is 0 Å². The molecule has 1 saturated carbocycles. The average molecular weight is 211 g/mol. The minimum absolute atomic E-state index is 0.788. The van der Waals surface area contributed by atoms with Gasteiger partial charge in [0, 0.05) is 0 Å². The van der Waals surface area contributed by atoms with E-state index in [1.807, 2.05) is 0 Å². The molecule has 0 spiro atoms. The first-order valence-electron chi connectivity index (χ1n) is 6.94. The Labute approximate surface area is 96.0 Å². The molecule has 0 aliphatic heterocycles. The molecule has 0 bridgehead atoms. The van der Waals surface area contributed by atoms with Crippen LogP contribution in [0.25, 0.3) is 0 Å². The zero-order valence-corrected chi connectivity index (χ0v) is 10.9. The Balaban J connectivity index is 2.28. The molecule has 90 valence electrons. The van der Waals surface area contributed by atoms with Crippen molar-refractivity contribution < 1.29 is 0 Å². The zero-order chi connectivity index (χ0) is 11.1. The summed E-state index contributed by atoms with van der Waals surface area (Å²) in [5.74, 6) is 2.74. The van der Waals surface area contributed by atoms with Gasteiger partial charge in [-0.15, -0.1) is 0 Å². The van der Waals surface area contributed by atoms with Gasteiger partial charge in [-0.2, -0.15) is 0 Å². The lowest BCUT2D eigenvalue weighted by molar-refractivity contribution is 0.288. The van der Waals surface area contributed by atoms with E-state index in [9.17, 15) is 0 Å². The van der Waals surface area contributed by atoms with Crippen LogP contribution in [0.1, 0.15) is 59.3 Å². The maximum Gasteiger partial charge on any atom is -0.00178 e. The number of hydrogen-bond donors (Lipinski definition) is 1. The van der Waals surface area contributed by atoms with Crippen molar-refractivity contribution in [2.24, 2.45) is 17.8 Å². The Morgan fingerprint density at radius 3 is 2.33 bits per heavy atom. The Kier molecular flexibility index (Phi) is 6.31. The Hall–Kier alpha value is -0.0400. The van der Waals surface area contributed by atoms with Gasteiger partial charge in [-0.25, -0.2) is 0 Å². The van der Waals surface area contributed by atoms with Crippen molar-refractivity contribution in [2.45, 2.75) is 59.3 Å². The van der Waals surface area contributed by atoms with Gasteiger partial charge in [0.15, 0.2) is 0 Å². The first kappa shape index (κ1) is 13.0. The highest BCUT2D eigenvalue weighted by Crippen LogP contribution is 2.30. The zero-order valence-electron chi connectivity index (χ0n) is 10.9. The van der Waals surface area contributed by atoms with Crippen molar-refractivity contribution in [2.75, 3.05) is 13.1 Å². The molecular weight excluding hydrogens is 182 g/mol. The van der Waals surface area contributed by atoms with Crippen LogP contribution in [0.4, 0.5) is 0 Å². The van der Waals surface area contributed by atoms with Crippen molar-refractivity contribution >= 4 is 0 Å². The molecule has 0 saturated heterocycles. The van der Waals surface area contributed by atoms with Crippen molar-refractivity contribution in [3.8, 4) is 0 Å². The molecule has 0 amide bonds. The van der Waals surface area contributed by atoms with Crippen LogP contribution in [0.5, 0.6) is 0 Å². The summed E-state index contributed by atoms with van der Waals surface area (Å²) in [4.78, 5) is 0. The topological polar surface area (TPSA) is 12.0 Å². The van der Waals surface area contributed by atoms with Gasteiger partial charge in [0.05, 0.1) is 0 Å². The summed E-state index contributed by atoms with van der Waals surface area (Å²) in [6.07, 6.45) is 8.73. The molecule has 0 heterocycles. The predicted octanol–water partition coefficient (Wildman–Crippen LogP) is 3.84. The van der Waals surface area contributed by atoms with E-state index in [0.717, 1.165) is 17.8 Å². The van der Waals surface area contributed by atoms with Crippen LogP contribution in [0.2, 0.25) is 0 Å². The van der Waals surface area contributed by atoms with Gasteiger partial charge >= 0.3 is 0 Å². The smallest absolute Gasteiger partial charge is 0.00178 e. The Morgan fingerprint density at radius 2 is 1.73 bits per heavy atom. The SMILES string of the molecule is CCC1CCCCCC1CNCC(C)C. The quantitative estimate of drug-likeness (QED) is 0.681. The third-order valence-corrected chi connectivity index (χ3v) is 3.80. The third kappa shape index (κ3) is 5.01. The highest BCUT2D eigenvalue weighted by molar-refractivity contribution is 4.75. The number of hydrogen-bond acceptors (Lipinski definition) is 1. The van der Waals surface area contributed by atoms with E-state index in [-0.39, 0.29) is 0 Å². The van der Waals surface area contributed by atoms with Crippen LogP contribution < -0.4 is 5.32 Å². The van der Waals surface area contributed by atoms with Crippen LogP contribution in [0.3, 0.4) is 0 Å². The molecule has 2 atom stereocenters. The lowest BCUT2D eigenvalue weighted by atomic mass is 9.86. The minimum Gasteiger partial charge on any atom is -0.316 e. The molecule has 1 rings (SSSR count). The van der Waals surface area contributed by atoms with E-state index >= 15 is 0 Å². The second-order valence-corrected chi connectivity index (χ2v) is 5.62. The first-order valence-corrected chi connectivity index (χ1v) is 6.94. The van der Waals surface area contributed by atoms with Gasteiger partial charge in [-0.1, -0.05) is 52.9 Å². The molecule has 1 aliphatic carbocycles. The maximum atomic E-state index is 3.65. The van der Waals surface area contributed by atoms with Gasteiger partial charge < -0.3 is 5.32 Å². The predicted molar refractivity (Wildman–Crippen MR) is 68.1 cm³/mol. The highest BCUT2D eigenvalue weighted by atomic mass is 14.9. The molecule has 0 aromatic rings. The van der Waals surface area contributed by atoms with Crippen LogP contribution >= 0.6 is 0 Å². The summed E-state index contributed by atoms with van der Waals surface area (Å²) in [7, 11) is 0. The summed E-state index contributed by atoms with van der Waals surface area (Å²) in [6.45, 7) is 9.39. The molecular formula is C14H29N. The standard InChI is InChI=1S/C14H29N/c1-4-13-8-6-5-7-9-14(13)11-15-10-12(2)3/h12-15H,4-11H2,1-3H3. The minimum atomic E-state index is 0.788. The van der Waals surface area contributed by atoms with E-state index in [4.69, 9.17) is 0 Å². The maximum absolute atomic E-state index is 3.65. The van der Waals surface area contributed by atoms with Gasteiger partial charge in [-0.05, 0) is 37.3 Å². The first-order chi connectivity index (χ1) is 7.24. The van der Waals surface area contributed by atoms with Crippen molar-refractivity contribution in [1.29, 1.82) is 0 Å². The molecule has 1 heteroatoms. The molecule has 2 unspecified atom stereocenters. The van der Waals surface area contributed by atoms with Crippen molar-refractivity contribution in [3.05, 3.63) is 0 Å². The molecule has 0 aromatic heterocycles. The highest BCUT2D eigenvalue weighted by Gasteiger charge is 2.21. The molecule has 0 aromatic carbocycles. The summed E-state index contributed by atoms with van der Waals surface area (Å²) in [5.41, 5.74) is 0. The van der Waals surface area contributed by atoms with Gasteiger partial charge in [-0.3, -0.25) is 0 Å². The van der Waals surface area contributed by atoms with E-state index < -0.39 is 0 Å². The van der Waals surface area contributed by atoms with Gasteiger partial charge in [0.1, 0.15) is 0 Å². The lowest BCUT2D eigenvalue weighted by Gasteiger charge is -2.24. The fourth-order valence-electron chi connectivity index (χ4n) is 2.82. The fraction of sp³-hybridized carbons (Fsp3) is 1.00. The average Bonchev–Trinajstić information content (AvgIpc) is 2.42. The number of rotatable bonds is 5. The normalized spacial score (nSPS) is 28.0. The van der Waals surface area contributed by atoms with E-state index in [1.165, 1.54) is 51.6 Å². The van der Waals surface area contributed by atoms with Crippen LogP contribution in [-0.2, 0) is 0 Å². The monoisotopic (exact) mass is 211 g/mol. The molecule has 1 aliphatic rings. The van der Waals surface area contributed by atoms with Crippen molar-refractivity contribution in [3.63, 3.8) is 0 Å². The summed E-state index contributed by atoms with van der Waals surface area (Å²) in [6, 6.07) is 0. The largest absolute Gasteiger partial charge is 0.316 e. The van der Waals surface area contributed by atoms with Crippen LogP contribution in [0.15, 0.2) is 0 Å². The van der Waals surface area contributed by atoms with E-state index in [1.54, 1.807) is 0 Å². The molecule has 1 N–H and O–H groups in total. The van der Waals surface area contributed by atoms with Gasteiger partial charge in [0.25, 0.3) is 0 Å². The molecule has 1 fully saturated rings. The van der Waals surface area contributed by atoms with Crippen LogP contribution in [-0.4, -0.2) is 13.1 Å².